The Bertz CT molecular complexity index is 838. The maximum Gasteiger partial charge on any atom is 0.264 e. The summed E-state index contributed by atoms with van der Waals surface area (Å²) in [6, 6.07) is 8.05. The second-order valence-corrected chi connectivity index (χ2v) is 8.87. The summed E-state index contributed by atoms with van der Waals surface area (Å²) in [7, 11) is -3.55. The van der Waals surface area contributed by atoms with E-state index in [0.717, 1.165) is 10.4 Å². The van der Waals surface area contributed by atoms with Crippen molar-refractivity contribution in [2.45, 2.75) is 11.8 Å². The van der Waals surface area contributed by atoms with Crippen LogP contribution in [0, 0.1) is 6.92 Å². The molecule has 5 nitrogen and oxygen atoms in total. The topological polar surface area (TPSA) is 57.7 Å². The summed E-state index contributed by atoms with van der Waals surface area (Å²) in [4.78, 5) is 15.2. The number of amides is 1. The Morgan fingerprint density at radius 1 is 1.08 bits per heavy atom. The standard InChI is InChI=1S/C16H17ClN2O3S2/c1-12-6-11-23-15(12)16(20)18-7-9-19(10-8-18)24(21,22)14-4-2-13(17)3-5-14/h2-6,11H,7-10H2,1H3. The quantitative estimate of drug-likeness (QED) is 0.817. The number of rotatable bonds is 3. The van der Waals surface area contributed by atoms with E-state index in [-0.39, 0.29) is 10.8 Å². The van der Waals surface area contributed by atoms with Gasteiger partial charge in [0, 0.05) is 31.2 Å². The fourth-order valence-electron chi connectivity index (χ4n) is 2.62. The van der Waals surface area contributed by atoms with Crippen molar-refractivity contribution in [3.8, 4) is 0 Å². The normalized spacial score (nSPS) is 16.3. The highest BCUT2D eigenvalue weighted by molar-refractivity contribution is 7.89. The third kappa shape index (κ3) is 3.35. The number of piperazine rings is 1. The molecule has 0 N–H and O–H groups in total. The van der Waals surface area contributed by atoms with Crippen molar-refractivity contribution in [3.63, 3.8) is 0 Å². The van der Waals surface area contributed by atoms with E-state index in [1.807, 2.05) is 18.4 Å². The molecule has 1 aromatic carbocycles. The monoisotopic (exact) mass is 384 g/mol. The molecule has 1 fully saturated rings. The Morgan fingerprint density at radius 3 is 2.25 bits per heavy atom. The lowest BCUT2D eigenvalue weighted by Crippen LogP contribution is -2.50. The van der Waals surface area contributed by atoms with Crippen LogP contribution in [0.15, 0.2) is 40.6 Å². The maximum absolute atomic E-state index is 12.6. The van der Waals surface area contributed by atoms with Gasteiger partial charge in [-0.05, 0) is 48.2 Å². The predicted molar refractivity (Wildman–Crippen MR) is 95.2 cm³/mol. The van der Waals surface area contributed by atoms with Crippen LogP contribution in [-0.2, 0) is 10.0 Å². The highest BCUT2D eigenvalue weighted by Crippen LogP contribution is 2.22. The van der Waals surface area contributed by atoms with Gasteiger partial charge in [-0.3, -0.25) is 4.79 Å². The van der Waals surface area contributed by atoms with Crippen molar-refractivity contribution in [1.82, 2.24) is 9.21 Å². The van der Waals surface area contributed by atoms with Gasteiger partial charge >= 0.3 is 0 Å². The van der Waals surface area contributed by atoms with E-state index in [1.54, 1.807) is 17.0 Å². The summed E-state index contributed by atoms with van der Waals surface area (Å²) in [6.45, 7) is 3.28. The van der Waals surface area contributed by atoms with E-state index in [0.29, 0.717) is 31.2 Å². The lowest BCUT2D eigenvalue weighted by molar-refractivity contribution is 0.0702. The first kappa shape index (κ1) is 17.4. The van der Waals surface area contributed by atoms with Crippen LogP contribution in [0.25, 0.3) is 0 Å². The summed E-state index contributed by atoms with van der Waals surface area (Å²) in [5.41, 5.74) is 0.959. The van der Waals surface area contributed by atoms with Crippen molar-refractivity contribution in [2.24, 2.45) is 0 Å². The Hall–Kier alpha value is -1.41. The number of aryl methyl sites for hydroxylation is 1. The van der Waals surface area contributed by atoms with E-state index in [2.05, 4.69) is 0 Å². The number of halogens is 1. The van der Waals surface area contributed by atoms with Gasteiger partial charge in [-0.1, -0.05) is 11.6 Å². The Labute approximate surface area is 150 Å². The van der Waals surface area contributed by atoms with Crippen molar-refractivity contribution in [2.75, 3.05) is 26.2 Å². The van der Waals surface area contributed by atoms with E-state index in [4.69, 9.17) is 11.6 Å². The van der Waals surface area contributed by atoms with Crippen LogP contribution in [0.4, 0.5) is 0 Å². The average Bonchev–Trinajstić information content (AvgIpc) is 3.01. The van der Waals surface area contributed by atoms with Gasteiger partial charge in [-0.2, -0.15) is 4.31 Å². The molecule has 0 unspecified atom stereocenters. The van der Waals surface area contributed by atoms with E-state index < -0.39 is 10.0 Å². The molecule has 24 heavy (non-hydrogen) atoms. The molecular weight excluding hydrogens is 368 g/mol. The van der Waals surface area contributed by atoms with Gasteiger partial charge in [-0.25, -0.2) is 8.42 Å². The van der Waals surface area contributed by atoms with E-state index >= 15 is 0 Å². The third-order valence-corrected chi connectivity index (χ3v) is 7.20. The van der Waals surface area contributed by atoms with Crippen LogP contribution in [0.2, 0.25) is 5.02 Å². The average molecular weight is 385 g/mol. The summed E-state index contributed by atoms with van der Waals surface area (Å²) in [5, 5.41) is 2.39. The molecule has 0 aliphatic carbocycles. The van der Waals surface area contributed by atoms with Crippen LogP contribution >= 0.6 is 22.9 Å². The van der Waals surface area contributed by atoms with Gasteiger partial charge in [0.15, 0.2) is 0 Å². The largest absolute Gasteiger partial charge is 0.335 e. The smallest absolute Gasteiger partial charge is 0.264 e. The molecule has 0 bridgehead atoms. The zero-order valence-corrected chi connectivity index (χ0v) is 15.5. The number of hydrogen-bond donors (Lipinski definition) is 0. The predicted octanol–water partition coefficient (Wildman–Crippen LogP) is 2.86. The summed E-state index contributed by atoms with van der Waals surface area (Å²) >= 11 is 7.23. The van der Waals surface area contributed by atoms with Crippen LogP contribution in [-0.4, -0.2) is 49.7 Å². The van der Waals surface area contributed by atoms with Gasteiger partial charge < -0.3 is 4.90 Å². The zero-order valence-electron chi connectivity index (χ0n) is 13.1. The molecule has 0 radical (unpaired) electrons. The van der Waals surface area contributed by atoms with Gasteiger partial charge in [0.2, 0.25) is 10.0 Å². The molecule has 8 heteroatoms. The highest BCUT2D eigenvalue weighted by Gasteiger charge is 2.31. The Balaban J connectivity index is 1.69. The summed E-state index contributed by atoms with van der Waals surface area (Å²) < 4.78 is 26.7. The van der Waals surface area contributed by atoms with Crippen molar-refractivity contribution in [3.05, 3.63) is 51.2 Å². The SMILES string of the molecule is Cc1ccsc1C(=O)N1CCN(S(=O)(=O)c2ccc(Cl)cc2)CC1. The highest BCUT2D eigenvalue weighted by atomic mass is 35.5. The first-order valence-electron chi connectivity index (χ1n) is 7.48. The molecule has 128 valence electrons. The van der Waals surface area contributed by atoms with Crippen molar-refractivity contribution >= 4 is 38.9 Å². The van der Waals surface area contributed by atoms with Crippen molar-refractivity contribution in [1.29, 1.82) is 0 Å². The molecule has 0 saturated carbocycles. The lowest BCUT2D eigenvalue weighted by atomic mass is 10.2. The molecule has 0 atom stereocenters. The maximum atomic E-state index is 12.6. The van der Waals surface area contributed by atoms with Gasteiger partial charge in [0.05, 0.1) is 9.77 Å². The molecule has 3 rings (SSSR count). The molecule has 2 heterocycles. The number of sulfonamides is 1. The van der Waals surface area contributed by atoms with Crippen LogP contribution in [0.3, 0.4) is 0 Å². The Morgan fingerprint density at radius 2 is 1.71 bits per heavy atom. The third-order valence-electron chi connectivity index (χ3n) is 4.03. The molecule has 1 saturated heterocycles. The number of nitrogens with zero attached hydrogens (tertiary/aromatic N) is 2. The first-order valence-corrected chi connectivity index (χ1v) is 10.2. The number of hydrogen-bond acceptors (Lipinski definition) is 4. The van der Waals surface area contributed by atoms with Crippen LogP contribution < -0.4 is 0 Å². The second-order valence-electron chi connectivity index (χ2n) is 5.58. The summed E-state index contributed by atoms with van der Waals surface area (Å²) in [5.74, 6) is -0.0222. The van der Waals surface area contributed by atoms with Gasteiger partial charge in [0.25, 0.3) is 5.91 Å². The molecule has 1 aromatic heterocycles. The number of carbonyl (C=O) groups is 1. The van der Waals surface area contributed by atoms with E-state index in [1.165, 1.54) is 27.8 Å². The molecule has 2 aromatic rings. The van der Waals surface area contributed by atoms with Gasteiger partial charge in [-0.15, -0.1) is 11.3 Å². The minimum atomic E-state index is -3.55. The zero-order chi connectivity index (χ0) is 17.3. The fourth-order valence-corrected chi connectivity index (χ4v) is 5.06. The van der Waals surface area contributed by atoms with Crippen molar-refractivity contribution < 1.29 is 13.2 Å². The summed E-state index contributed by atoms with van der Waals surface area (Å²) in [6.07, 6.45) is 0. The molecule has 1 aliphatic rings. The lowest BCUT2D eigenvalue weighted by Gasteiger charge is -2.34. The fraction of sp³-hybridized carbons (Fsp3) is 0.312. The van der Waals surface area contributed by atoms with Crippen LogP contribution in [0.5, 0.6) is 0 Å². The molecule has 1 aliphatic heterocycles. The first-order chi connectivity index (χ1) is 11.4. The molecule has 0 spiro atoms. The minimum Gasteiger partial charge on any atom is -0.335 e. The van der Waals surface area contributed by atoms with Crippen LogP contribution in [0.1, 0.15) is 15.2 Å². The molecule has 1 amide bonds. The van der Waals surface area contributed by atoms with Gasteiger partial charge in [0.1, 0.15) is 0 Å². The minimum absolute atomic E-state index is 0.0222. The molecular formula is C16H17ClN2O3S2. The number of benzene rings is 1. The number of thiophene rings is 1. The second kappa shape index (κ2) is 6.84. The Kier molecular flexibility index (Phi) is 4.96. The van der Waals surface area contributed by atoms with E-state index in [9.17, 15) is 13.2 Å². The number of carbonyl (C=O) groups excluding carboxylic acids is 1.